The van der Waals surface area contributed by atoms with Gasteiger partial charge in [0.15, 0.2) is 0 Å². The van der Waals surface area contributed by atoms with Crippen LogP contribution in [0.15, 0.2) is 59.5 Å². The number of benzene rings is 2. The van der Waals surface area contributed by atoms with Crippen molar-refractivity contribution in [3.8, 4) is 0 Å². The standard InChI is InChI=1S/C24H32N2O2S/c1-18-11-13-21(14-12-18)29-22-17-25(19(2)20-9-7-6-8-10-20)15-16-26(22)23(27)28-24(3,4)5/h6-14,19,22H,15-17H2,1-5H3/t19-,22+/m0/s1. The molecule has 0 radical (unpaired) electrons. The molecular formula is C24H32N2O2S. The molecule has 4 nitrogen and oxygen atoms in total. The molecule has 1 fully saturated rings. The van der Waals surface area contributed by atoms with Crippen LogP contribution in [0.3, 0.4) is 0 Å². The van der Waals surface area contributed by atoms with Crippen LogP contribution in [0.2, 0.25) is 0 Å². The summed E-state index contributed by atoms with van der Waals surface area (Å²) in [5.74, 6) is 0. The van der Waals surface area contributed by atoms with Crippen molar-refractivity contribution in [2.24, 2.45) is 0 Å². The van der Waals surface area contributed by atoms with Crippen LogP contribution in [-0.4, -0.2) is 46.5 Å². The number of aryl methyl sites for hydroxylation is 1. The first-order chi connectivity index (χ1) is 13.7. The van der Waals surface area contributed by atoms with Gasteiger partial charge < -0.3 is 4.74 Å². The topological polar surface area (TPSA) is 32.8 Å². The Bertz CT molecular complexity index is 802. The molecule has 2 aromatic rings. The van der Waals surface area contributed by atoms with E-state index in [1.807, 2.05) is 31.7 Å². The molecule has 3 rings (SSSR count). The molecule has 1 aliphatic rings. The van der Waals surface area contributed by atoms with Crippen LogP contribution in [0.4, 0.5) is 4.79 Å². The van der Waals surface area contributed by atoms with E-state index in [-0.39, 0.29) is 11.5 Å². The normalized spacial score (nSPS) is 19.1. The van der Waals surface area contributed by atoms with Gasteiger partial charge in [-0.3, -0.25) is 9.80 Å². The van der Waals surface area contributed by atoms with E-state index in [0.29, 0.717) is 12.6 Å². The van der Waals surface area contributed by atoms with Gasteiger partial charge in [0.2, 0.25) is 0 Å². The summed E-state index contributed by atoms with van der Waals surface area (Å²) in [5.41, 5.74) is 2.04. The first-order valence-electron chi connectivity index (χ1n) is 10.2. The van der Waals surface area contributed by atoms with E-state index >= 15 is 0 Å². The van der Waals surface area contributed by atoms with E-state index in [9.17, 15) is 4.79 Å². The molecule has 1 heterocycles. The fourth-order valence-electron chi connectivity index (χ4n) is 3.47. The van der Waals surface area contributed by atoms with Crippen LogP contribution in [0, 0.1) is 6.92 Å². The van der Waals surface area contributed by atoms with Crippen LogP contribution in [0.5, 0.6) is 0 Å². The van der Waals surface area contributed by atoms with Gasteiger partial charge in [-0.2, -0.15) is 0 Å². The Morgan fingerprint density at radius 2 is 1.72 bits per heavy atom. The second-order valence-corrected chi connectivity index (χ2v) is 9.89. The molecule has 0 saturated carbocycles. The summed E-state index contributed by atoms with van der Waals surface area (Å²) in [5, 5.41) is 0.00692. The van der Waals surface area contributed by atoms with Crippen molar-refractivity contribution in [2.75, 3.05) is 19.6 Å². The average Bonchev–Trinajstić information content (AvgIpc) is 2.68. The summed E-state index contributed by atoms with van der Waals surface area (Å²) < 4.78 is 5.70. The maximum Gasteiger partial charge on any atom is 0.411 e. The van der Waals surface area contributed by atoms with Crippen molar-refractivity contribution >= 4 is 17.9 Å². The molecule has 2 aromatic carbocycles. The highest BCUT2D eigenvalue weighted by Gasteiger charge is 2.35. The predicted molar refractivity (Wildman–Crippen MR) is 120 cm³/mol. The molecule has 0 aliphatic carbocycles. The third kappa shape index (κ3) is 6.00. The van der Waals surface area contributed by atoms with Crippen LogP contribution in [-0.2, 0) is 4.74 Å². The minimum atomic E-state index is -0.495. The van der Waals surface area contributed by atoms with E-state index in [1.54, 1.807) is 11.8 Å². The van der Waals surface area contributed by atoms with Gasteiger partial charge in [-0.05, 0) is 52.3 Å². The highest BCUT2D eigenvalue weighted by Crippen LogP contribution is 2.33. The fourth-order valence-corrected chi connectivity index (χ4v) is 4.66. The number of amides is 1. The van der Waals surface area contributed by atoms with E-state index in [1.165, 1.54) is 16.0 Å². The van der Waals surface area contributed by atoms with Crippen molar-refractivity contribution in [3.05, 3.63) is 65.7 Å². The molecule has 0 aromatic heterocycles. The maximum atomic E-state index is 12.9. The Hall–Kier alpha value is -1.98. The van der Waals surface area contributed by atoms with Crippen molar-refractivity contribution in [2.45, 2.75) is 56.5 Å². The summed E-state index contributed by atoms with van der Waals surface area (Å²) in [4.78, 5) is 18.4. The van der Waals surface area contributed by atoms with Gasteiger partial charge in [0.05, 0.1) is 5.37 Å². The monoisotopic (exact) mass is 412 g/mol. The summed E-state index contributed by atoms with van der Waals surface area (Å²) in [7, 11) is 0. The molecular weight excluding hydrogens is 380 g/mol. The highest BCUT2D eigenvalue weighted by atomic mass is 32.2. The maximum absolute atomic E-state index is 12.9. The number of carbonyl (C=O) groups is 1. The van der Waals surface area contributed by atoms with Gasteiger partial charge in [0, 0.05) is 30.6 Å². The molecule has 5 heteroatoms. The Morgan fingerprint density at radius 1 is 1.07 bits per heavy atom. The number of hydrogen-bond donors (Lipinski definition) is 0. The summed E-state index contributed by atoms with van der Waals surface area (Å²) in [6.07, 6.45) is -0.228. The Kier molecular flexibility index (Phi) is 6.91. The zero-order valence-corrected chi connectivity index (χ0v) is 18.9. The lowest BCUT2D eigenvalue weighted by Crippen LogP contribution is -2.55. The van der Waals surface area contributed by atoms with Crippen molar-refractivity contribution in [1.82, 2.24) is 9.80 Å². The van der Waals surface area contributed by atoms with Crippen LogP contribution in [0.1, 0.15) is 44.9 Å². The molecule has 1 aliphatic heterocycles. The molecule has 0 unspecified atom stereocenters. The van der Waals surface area contributed by atoms with Crippen LogP contribution in [0.25, 0.3) is 0 Å². The molecule has 1 saturated heterocycles. The first kappa shape index (κ1) is 21.7. The van der Waals surface area contributed by atoms with E-state index in [0.717, 1.165) is 13.1 Å². The third-order valence-corrected chi connectivity index (χ3v) is 6.34. The van der Waals surface area contributed by atoms with Gasteiger partial charge in [-0.1, -0.05) is 59.8 Å². The smallest absolute Gasteiger partial charge is 0.411 e. The molecule has 2 atom stereocenters. The largest absolute Gasteiger partial charge is 0.444 e. The number of hydrogen-bond acceptors (Lipinski definition) is 4. The van der Waals surface area contributed by atoms with Gasteiger partial charge >= 0.3 is 6.09 Å². The van der Waals surface area contributed by atoms with Crippen LogP contribution >= 0.6 is 11.8 Å². The third-order valence-electron chi connectivity index (χ3n) is 5.12. The van der Waals surface area contributed by atoms with Crippen LogP contribution < -0.4 is 0 Å². The van der Waals surface area contributed by atoms with Gasteiger partial charge in [0.25, 0.3) is 0 Å². The summed E-state index contributed by atoms with van der Waals surface area (Å²) in [6.45, 7) is 12.4. The molecule has 29 heavy (non-hydrogen) atoms. The number of rotatable bonds is 4. The average molecular weight is 413 g/mol. The molecule has 0 N–H and O–H groups in total. The number of nitrogens with zero attached hydrogens (tertiary/aromatic N) is 2. The second-order valence-electron chi connectivity index (χ2n) is 8.64. The number of carbonyl (C=O) groups excluding carboxylic acids is 1. The lowest BCUT2D eigenvalue weighted by Gasteiger charge is -2.43. The lowest BCUT2D eigenvalue weighted by atomic mass is 10.1. The molecule has 0 bridgehead atoms. The van der Waals surface area contributed by atoms with Gasteiger partial charge in [0.1, 0.15) is 5.60 Å². The van der Waals surface area contributed by atoms with Crippen molar-refractivity contribution in [1.29, 1.82) is 0 Å². The van der Waals surface area contributed by atoms with Gasteiger partial charge in [-0.25, -0.2) is 4.79 Å². The van der Waals surface area contributed by atoms with E-state index < -0.39 is 5.60 Å². The molecule has 1 amide bonds. The molecule has 0 spiro atoms. The first-order valence-corrected chi connectivity index (χ1v) is 11.1. The highest BCUT2D eigenvalue weighted by molar-refractivity contribution is 8.00. The Morgan fingerprint density at radius 3 is 2.34 bits per heavy atom. The van der Waals surface area contributed by atoms with Crippen molar-refractivity contribution in [3.63, 3.8) is 0 Å². The Labute approximate surface area is 179 Å². The quantitative estimate of drug-likeness (QED) is 0.642. The lowest BCUT2D eigenvalue weighted by molar-refractivity contribution is 0.00648. The minimum Gasteiger partial charge on any atom is -0.444 e. The number of thioether (sulfide) groups is 1. The predicted octanol–water partition coefficient (Wildman–Crippen LogP) is 5.73. The zero-order valence-electron chi connectivity index (χ0n) is 18.1. The zero-order chi connectivity index (χ0) is 21.0. The number of ether oxygens (including phenoxy) is 1. The van der Waals surface area contributed by atoms with Crippen molar-refractivity contribution < 1.29 is 9.53 Å². The van der Waals surface area contributed by atoms with E-state index in [2.05, 4.69) is 67.3 Å². The van der Waals surface area contributed by atoms with Gasteiger partial charge in [-0.15, -0.1) is 0 Å². The SMILES string of the molecule is Cc1ccc(S[C@@H]2CN([C@@H](C)c3ccccc3)CCN2C(=O)OC(C)(C)C)cc1. The minimum absolute atomic E-state index is 0.00692. The molecule has 156 valence electrons. The Balaban J connectivity index is 1.78. The summed E-state index contributed by atoms with van der Waals surface area (Å²) in [6, 6.07) is 19.4. The number of piperazine rings is 1. The van der Waals surface area contributed by atoms with E-state index in [4.69, 9.17) is 4.74 Å². The fraction of sp³-hybridized carbons (Fsp3) is 0.458. The summed E-state index contributed by atoms with van der Waals surface area (Å²) >= 11 is 1.74. The second kappa shape index (κ2) is 9.23.